The van der Waals surface area contributed by atoms with Crippen molar-refractivity contribution in [3.05, 3.63) is 0 Å². The Labute approximate surface area is 89.6 Å². The van der Waals surface area contributed by atoms with Gasteiger partial charge in [-0.2, -0.15) is 0 Å². The highest BCUT2D eigenvalue weighted by atomic mass is 31.1. The van der Waals surface area contributed by atoms with Crippen molar-refractivity contribution in [1.29, 1.82) is 0 Å². The highest BCUT2D eigenvalue weighted by molar-refractivity contribution is 7.17. The van der Waals surface area contributed by atoms with Crippen molar-refractivity contribution in [1.82, 2.24) is 5.32 Å². The molecule has 0 heterocycles. The summed E-state index contributed by atoms with van der Waals surface area (Å²) in [5, 5.41) is 2.24. The minimum absolute atomic E-state index is 0.214. The lowest BCUT2D eigenvalue weighted by Gasteiger charge is -2.20. The van der Waals surface area contributed by atoms with Crippen molar-refractivity contribution in [3.63, 3.8) is 0 Å². The molecule has 0 aliphatic rings. The minimum atomic E-state index is -1.41. The Hall–Kier alpha value is -0.610. The number of alkyl halides is 1. The van der Waals surface area contributed by atoms with Gasteiger partial charge in [0, 0.05) is 0 Å². The summed E-state index contributed by atoms with van der Waals surface area (Å²) < 4.78 is 32.1. The summed E-state index contributed by atoms with van der Waals surface area (Å²) in [6.07, 6.45) is -2.06. The van der Waals surface area contributed by atoms with Gasteiger partial charge in [-0.1, -0.05) is 0 Å². The molecule has 0 aliphatic carbocycles. The van der Waals surface area contributed by atoms with Crippen LogP contribution in [0, 0.1) is 0 Å². The maximum Gasteiger partial charge on any atom is 0.407 e. The number of alkyl carbamates (subject to hydrolysis) is 1. The molecule has 0 spiro atoms. The largest absolute Gasteiger partial charge is 0.444 e. The van der Waals surface area contributed by atoms with Crippen molar-refractivity contribution in [2.75, 3.05) is 13.2 Å². The Morgan fingerprint density at radius 3 is 2.60 bits per heavy atom. The molecule has 0 rings (SSSR count). The molecule has 2 unspecified atom stereocenters. The predicted octanol–water partition coefficient (Wildman–Crippen LogP) is 1.54. The Morgan fingerprint density at radius 1 is 1.53 bits per heavy atom. The number of hydrogen-bond donors (Lipinski definition) is 1. The van der Waals surface area contributed by atoms with Gasteiger partial charge in [0.2, 0.25) is 0 Å². The van der Waals surface area contributed by atoms with E-state index in [1.807, 2.05) is 0 Å². The van der Waals surface area contributed by atoms with Gasteiger partial charge in [-0.15, -0.1) is 0 Å². The van der Waals surface area contributed by atoms with E-state index < -0.39 is 26.6 Å². The fourth-order valence-corrected chi connectivity index (χ4v) is 0.998. The molecule has 0 aromatic rings. The summed E-state index contributed by atoms with van der Waals surface area (Å²) in [5.74, 6) is 0. The summed E-state index contributed by atoms with van der Waals surface area (Å²) in [5.41, 5.74) is -0.606. The monoisotopic (exact) mass is 241 g/mol. The molecule has 0 aromatic carbocycles. The SMILES string of the molecule is CC(C)(C)OC(=O)NCC(F)CO[PH2]=O. The van der Waals surface area contributed by atoms with Crippen molar-refractivity contribution in [3.8, 4) is 0 Å². The highest BCUT2D eigenvalue weighted by Gasteiger charge is 2.17. The van der Waals surface area contributed by atoms with Crippen LogP contribution in [0.4, 0.5) is 9.18 Å². The number of amides is 1. The number of nitrogens with one attached hydrogen (secondary N) is 1. The van der Waals surface area contributed by atoms with Gasteiger partial charge < -0.3 is 14.6 Å². The normalized spacial score (nSPS) is 14.1. The van der Waals surface area contributed by atoms with Crippen LogP contribution in [0.3, 0.4) is 0 Å². The van der Waals surface area contributed by atoms with Crippen LogP contribution in [0.5, 0.6) is 0 Å². The molecule has 7 heteroatoms. The van der Waals surface area contributed by atoms with E-state index in [0.717, 1.165) is 0 Å². The molecule has 0 fully saturated rings. The number of carbonyl (C=O) groups is 1. The second-order valence-electron chi connectivity index (χ2n) is 3.91. The van der Waals surface area contributed by atoms with Crippen molar-refractivity contribution >= 4 is 14.8 Å². The first-order valence-electron chi connectivity index (χ1n) is 4.51. The van der Waals surface area contributed by atoms with Gasteiger partial charge in [-0.25, -0.2) is 9.18 Å². The summed E-state index contributed by atoms with van der Waals surface area (Å²) in [6.45, 7) is 4.64. The Morgan fingerprint density at radius 2 is 2.13 bits per heavy atom. The maximum absolute atomic E-state index is 12.9. The summed E-state index contributed by atoms with van der Waals surface area (Å²) in [4.78, 5) is 11.0. The molecule has 0 radical (unpaired) electrons. The van der Waals surface area contributed by atoms with Crippen LogP contribution in [-0.2, 0) is 13.8 Å². The van der Waals surface area contributed by atoms with E-state index >= 15 is 0 Å². The number of halogens is 1. The third kappa shape index (κ3) is 9.69. The number of carbonyl (C=O) groups excluding carboxylic acids is 1. The van der Waals surface area contributed by atoms with Gasteiger partial charge in [0.1, 0.15) is 11.8 Å². The van der Waals surface area contributed by atoms with Crippen LogP contribution in [0.1, 0.15) is 20.8 Å². The molecule has 0 aromatic heterocycles. The first-order chi connectivity index (χ1) is 6.85. The van der Waals surface area contributed by atoms with Gasteiger partial charge in [0.15, 0.2) is 8.69 Å². The fraction of sp³-hybridized carbons (Fsp3) is 0.875. The molecular weight excluding hydrogens is 224 g/mol. The van der Waals surface area contributed by atoms with Crippen LogP contribution in [0.2, 0.25) is 0 Å². The molecule has 0 aliphatic heterocycles. The van der Waals surface area contributed by atoms with E-state index in [0.29, 0.717) is 0 Å². The van der Waals surface area contributed by atoms with E-state index in [2.05, 4.69) is 9.84 Å². The second-order valence-corrected chi connectivity index (χ2v) is 4.44. The Kier molecular flexibility index (Phi) is 6.52. The van der Waals surface area contributed by atoms with Crippen molar-refractivity contribution < 1.29 is 23.0 Å². The lowest BCUT2D eigenvalue weighted by molar-refractivity contribution is 0.0507. The molecule has 0 bridgehead atoms. The molecule has 1 amide bonds. The van der Waals surface area contributed by atoms with Crippen LogP contribution in [0.15, 0.2) is 0 Å². The predicted molar refractivity (Wildman–Crippen MR) is 55.5 cm³/mol. The summed E-state index contributed by atoms with van der Waals surface area (Å²) in [6, 6.07) is 0. The smallest absolute Gasteiger partial charge is 0.407 e. The number of hydrogen-bond acceptors (Lipinski definition) is 4. The molecule has 0 saturated carbocycles. The molecular formula is C8H17FNO4P. The standard InChI is InChI=1S/C8H17FNO4P/c1-8(2,3)14-7(11)10-4-6(9)5-13-15-12/h6H,4-5,15H2,1-3H3,(H,10,11). The molecule has 5 nitrogen and oxygen atoms in total. The Bertz CT molecular complexity index is 219. The third-order valence-electron chi connectivity index (χ3n) is 1.21. The van der Waals surface area contributed by atoms with Crippen LogP contribution >= 0.6 is 8.69 Å². The van der Waals surface area contributed by atoms with Gasteiger partial charge in [0.05, 0.1) is 13.2 Å². The van der Waals surface area contributed by atoms with Crippen LogP contribution in [-0.4, -0.2) is 31.0 Å². The fourth-order valence-electron chi connectivity index (χ4n) is 0.711. The topological polar surface area (TPSA) is 64.6 Å². The van der Waals surface area contributed by atoms with E-state index in [9.17, 15) is 13.8 Å². The van der Waals surface area contributed by atoms with Crippen molar-refractivity contribution in [2.24, 2.45) is 0 Å². The first kappa shape index (κ1) is 14.4. The quantitative estimate of drug-likeness (QED) is 0.741. The van der Waals surface area contributed by atoms with Crippen LogP contribution < -0.4 is 5.32 Å². The second kappa shape index (κ2) is 6.80. The van der Waals surface area contributed by atoms with Gasteiger partial charge in [0.25, 0.3) is 0 Å². The van der Waals surface area contributed by atoms with Gasteiger partial charge in [-0.05, 0) is 20.8 Å². The number of rotatable bonds is 5. The zero-order chi connectivity index (χ0) is 11.9. The number of ether oxygens (including phenoxy) is 1. The first-order valence-corrected chi connectivity index (χ1v) is 5.45. The lowest BCUT2D eigenvalue weighted by Crippen LogP contribution is -2.36. The molecule has 90 valence electrons. The average molecular weight is 241 g/mol. The zero-order valence-electron chi connectivity index (χ0n) is 9.08. The van der Waals surface area contributed by atoms with E-state index in [1.165, 1.54) is 0 Å². The summed E-state index contributed by atoms with van der Waals surface area (Å²) >= 11 is 0. The van der Waals surface area contributed by atoms with E-state index in [1.54, 1.807) is 20.8 Å². The maximum atomic E-state index is 12.9. The Balaban J connectivity index is 3.66. The van der Waals surface area contributed by atoms with E-state index in [4.69, 9.17) is 4.74 Å². The molecule has 15 heavy (non-hydrogen) atoms. The van der Waals surface area contributed by atoms with E-state index in [-0.39, 0.29) is 13.2 Å². The molecule has 1 N–H and O–H groups in total. The van der Waals surface area contributed by atoms with Gasteiger partial charge >= 0.3 is 6.09 Å². The molecule has 2 atom stereocenters. The zero-order valence-corrected chi connectivity index (χ0v) is 10.2. The molecule has 0 saturated heterocycles. The highest BCUT2D eigenvalue weighted by Crippen LogP contribution is 2.06. The minimum Gasteiger partial charge on any atom is -0.444 e. The summed E-state index contributed by atoms with van der Waals surface area (Å²) in [7, 11) is -1.41. The average Bonchev–Trinajstić information content (AvgIpc) is 2.08. The van der Waals surface area contributed by atoms with Crippen LogP contribution in [0.25, 0.3) is 0 Å². The third-order valence-corrected chi connectivity index (χ3v) is 1.54. The van der Waals surface area contributed by atoms with Gasteiger partial charge in [-0.3, -0.25) is 4.57 Å². The van der Waals surface area contributed by atoms with Crippen molar-refractivity contribution in [2.45, 2.75) is 32.5 Å². The lowest BCUT2D eigenvalue weighted by atomic mass is 10.2.